The summed E-state index contributed by atoms with van der Waals surface area (Å²) in [6, 6.07) is 0. The maximum absolute atomic E-state index is 5.81. The predicted octanol–water partition coefficient (Wildman–Crippen LogP) is 3.69. The van der Waals surface area contributed by atoms with Crippen LogP contribution in [0.4, 0.5) is 0 Å². The van der Waals surface area contributed by atoms with Gasteiger partial charge in [0.05, 0.1) is 0 Å². The Labute approximate surface area is 80.7 Å². The molecule has 0 radical (unpaired) electrons. The molecule has 12 heavy (non-hydrogen) atoms. The molecular weight excluding hydrogens is 168 g/mol. The van der Waals surface area contributed by atoms with E-state index in [4.69, 9.17) is 11.6 Å². The van der Waals surface area contributed by atoms with Crippen LogP contribution in [-0.2, 0) is 0 Å². The standard InChI is InChI=1S/C11H19Cl/c1-11(2)9-4-3-8(5-6-12)10(11)7-9/h8-10H,3-7H2,1-2H3/t8-,9-,10+/m0/s1. The fraction of sp³-hybridized carbons (Fsp3) is 1.00. The van der Waals surface area contributed by atoms with Gasteiger partial charge in [0.1, 0.15) is 0 Å². The van der Waals surface area contributed by atoms with Crippen LogP contribution < -0.4 is 0 Å². The third-order valence-corrected chi connectivity index (χ3v) is 4.70. The van der Waals surface area contributed by atoms with Gasteiger partial charge in [-0.15, -0.1) is 11.6 Å². The zero-order chi connectivity index (χ0) is 8.77. The van der Waals surface area contributed by atoms with Gasteiger partial charge >= 0.3 is 0 Å². The Kier molecular flexibility index (Phi) is 2.15. The predicted molar refractivity (Wildman–Crippen MR) is 53.4 cm³/mol. The van der Waals surface area contributed by atoms with E-state index in [1.54, 1.807) is 0 Å². The lowest BCUT2D eigenvalue weighted by atomic mass is 9.45. The molecule has 3 aliphatic carbocycles. The van der Waals surface area contributed by atoms with Gasteiger partial charge in [-0.1, -0.05) is 13.8 Å². The number of hydrogen-bond acceptors (Lipinski definition) is 0. The number of rotatable bonds is 2. The molecule has 2 bridgehead atoms. The number of halogens is 1. The first-order valence-corrected chi connectivity index (χ1v) is 5.75. The SMILES string of the molecule is CC1(C)[C@H]2CC[C@@H](CCCl)[C@H]1C2. The van der Waals surface area contributed by atoms with E-state index in [9.17, 15) is 0 Å². The molecule has 0 aromatic carbocycles. The monoisotopic (exact) mass is 186 g/mol. The molecule has 0 heterocycles. The maximum atomic E-state index is 5.81. The van der Waals surface area contributed by atoms with Gasteiger partial charge in [-0.2, -0.15) is 0 Å². The summed E-state index contributed by atoms with van der Waals surface area (Å²) in [6.07, 6.45) is 5.66. The lowest BCUT2D eigenvalue weighted by Crippen LogP contribution is -2.52. The molecule has 3 atom stereocenters. The molecule has 0 amide bonds. The van der Waals surface area contributed by atoms with Gasteiger partial charge in [-0.3, -0.25) is 0 Å². The van der Waals surface area contributed by atoms with Crippen molar-refractivity contribution in [3.8, 4) is 0 Å². The second-order valence-electron chi connectivity index (χ2n) is 5.18. The summed E-state index contributed by atoms with van der Waals surface area (Å²) < 4.78 is 0. The number of alkyl halides is 1. The van der Waals surface area contributed by atoms with Gasteiger partial charge in [0.25, 0.3) is 0 Å². The van der Waals surface area contributed by atoms with E-state index in [-0.39, 0.29) is 0 Å². The highest BCUT2D eigenvalue weighted by Gasteiger charge is 2.53. The molecule has 3 aliphatic rings. The van der Waals surface area contributed by atoms with E-state index in [0.717, 1.165) is 23.6 Å². The Morgan fingerprint density at radius 3 is 2.58 bits per heavy atom. The van der Waals surface area contributed by atoms with E-state index in [1.807, 2.05) is 0 Å². The summed E-state index contributed by atoms with van der Waals surface area (Å²) in [4.78, 5) is 0. The van der Waals surface area contributed by atoms with E-state index in [1.165, 1.54) is 25.7 Å². The first kappa shape index (κ1) is 8.87. The first-order valence-electron chi connectivity index (χ1n) is 5.22. The summed E-state index contributed by atoms with van der Waals surface area (Å²) >= 11 is 5.81. The largest absolute Gasteiger partial charge is 0.127 e. The zero-order valence-electron chi connectivity index (χ0n) is 8.15. The highest BCUT2D eigenvalue weighted by atomic mass is 35.5. The van der Waals surface area contributed by atoms with Gasteiger partial charge in [-0.25, -0.2) is 0 Å². The smallest absolute Gasteiger partial charge is 0.0226 e. The van der Waals surface area contributed by atoms with Crippen LogP contribution in [-0.4, -0.2) is 5.88 Å². The van der Waals surface area contributed by atoms with Crippen LogP contribution >= 0.6 is 11.6 Å². The first-order chi connectivity index (χ1) is 5.66. The lowest BCUT2D eigenvalue weighted by Gasteiger charge is -2.60. The molecule has 3 fully saturated rings. The van der Waals surface area contributed by atoms with Gasteiger partial charge in [-0.05, 0) is 48.9 Å². The second kappa shape index (κ2) is 2.90. The zero-order valence-corrected chi connectivity index (χ0v) is 8.90. The van der Waals surface area contributed by atoms with Crippen molar-refractivity contribution in [1.29, 1.82) is 0 Å². The fourth-order valence-corrected chi connectivity index (χ4v) is 3.73. The van der Waals surface area contributed by atoms with Crippen LogP contribution in [0, 0.1) is 23.2 Å². The highest BCUT2D eigenvalue weighted by molar-refractivity contribution is 6.17. The molecule has 1 heteroatoms. The molecule has 0 aromatic heterocycles. The summed E-state index contributed by atoms with van der Waals surface area (Å²) in [5.74, 6) is 3.84. The molecule has 0 nitrogen and oxygen atoms in total. The highest BCUT2D eigenvalue weighted by Crippen LogP contribution is 2.61. The van der Waals surface area contributed by atoms with Crippen molar-refractivity contribution in [3.63, 3.8) is 0 Å². The number of hydrogen-bond donors (Lipinski definition) is 0. The van der Waals surface area contributed by atoms with Crippen molar-refractivity contribution in [1.82, 2.24) is 0 Å². The summed E-state index contributed by atoms with van der Waals surface area (Å²) in [5, 5.41) is 0. The third-order valence-electron chi connectivity index (χ3n) is 4.48. The molecule has 0 spiro atoms. The average molecular weight is 187 g/mol. The van der Waals surface area contributed by atoms with Crippen LogP contribution in [0.3, 0.4) is 0 Å². The van der Waals surface area contributed by atoms with E-state index < -0.39 is 0 Å². The van der Waals surface area contributed by atoms with E-state index in [2.05, 4.69) is 13.8 Å². The molecule has 70 valence electrons. The quantitative estimate of drug-likeness (QED) is 0.578. The van der Waals surface area contributed by atoms with Crippen molar-refractivity contribution in [2.24, 2.45) is 23.2 Å². The summed E-state index contributed by atoms with van der Waals surface area (Å²) in [6.45, 7) is 4.90. The van der Waals surface area contributed by atoms with Crippen LogP contribution in [0.2, 0.25) is 0 Å². The van der Waals surface area contributed by atoms with E-state index in [0.29, 0.717) is 5.41 Å². The van der Waals surface area contributed by atoms with Crippen LogP contribution in [0.25, 0.3) is 0 Å². The van der Waals surface area contributed by atoms with Crippen LogP contribution in [0.15, 0.2) is 0 Å². The molecular formula is C11H19Cl. The second-order valence-corrected chi connectivity index (χ2v) is 5.55. The molecule has 0 unspecified atom stereocenters. The molecule has 0 aliphatic heterocycles. The molecule has 3 rings (SSSR count). The van der Waals surface area contributed by atoms with Crippen molar-refractivity contribution in [3.05, 3.63) is 0 Å². The minimum atomic E-state index is 0.648. The topological polar surface area (TPSA) is 0 Å². The molecule has 0 N–H and O–H groups in total. The fourth-order valence-electron chi connectivity index (χ4n) is 3.45. The number of fused-ring (bicyclic) bond motifs is 2. The Morgan fingerprint density at radius 1 is 1.33 bits per heavy atom. The van der Waals surface area contributed by atoms with Crippen LogP contribution in [0.1, 0.15) is 39.5 Å². The lowest BCUT2D eigenvalue weighted by molar-refractivity contribution is -0.105. The molecule has 3 saturated carbocycles. The van der Waals surface area contributed by atoms with Crippen LogP contribution in [0.5, 0.6) is 0 Å². The van der Waals surface area contributed by atoms with Gasteiger partial charge in [0.15, 0.2) is 0 Å². The third kappa shape index (κ3) is 1.11. The Morgan fingerprint density at radius 2 is 2.08 bits per heavy atom. The molecule has 0 saturated heterocycles. The van der Waals surface area contributed by atoms with Crippen molar-refractivity contribution < 1.29 is 0 Å². The van der Waals surface area contributed by atoms with Gasteiger partial charge in [0, 0.05) is 5.88 Å². The summed E-state index contributed by atoms with van der Waals surface area (Å²) in [7, 11) is 0. The Bertz CT molecular complexity index is 170. The average Bonchev–Trinajstić information content (AvgIpc) is 2.05. The van der Waals surface area contributed by atoms with Crippen molar-refractivity contribution in [2.45, 2.75) is 39.5 Å². The maximum Gasteiger partial charge on any atom is 0.0226 e. The Balaban J connectivity index is 2.01. The van der Waals surface area contributed by atoms with Crippen molar-refractivity contribution in [2.75, 3.05) is 5.88 Å². The Hall–Kier alpha value is 0.290. The minimum Gasteiger partial charge on any atom is -0.127 e. The van der Waals surface area contributed by atoms with Gasteiger partial charge < -0.3 is 0 Å². The summed E-state index contributed by atoms with van der Waals surface area (Å²) in [5.41, 5.74) is 0.648. The normalized spacial score (nSPS) is 43.8. The van der Waals surface area contributed by atoms with E-state index >= 15 is 0 Å². The van der Waals surface area contributed by atoms with Crippen molar-refractivity contribution >= 4 is 11.6 Å². The minimum absolute atomic E-state index is 0.648. The van der Waals surface area contributed by atoms with Gasteiger partial charge in [0.2, 0.25) is 0 Å². The molecule has 0 aromatic rings.